The summed E-state index contributed by atoms with van der Waals surface area (Å²) in [5.74, 6) is -0.906. The van der Waals surface area contributed by atoms with Crippen molar-refractivity contribution in [3.63, 3.8) is 0 Å². The summed E-state index contributed by atoms with van der Waals surface area (Å²) in [5.41, 5.74) is 2.66. The van der Waals surface area contributed by atoms with Gasteiger partial charge in [0.1, 0.15) is 6.04 Å². The van der Waals surface area contributed by atoms with Crippen LogP contribution in [-0.4, -0.2) is 48.1 Å². The van der Waals surface area contributed by atoms with E-state index in [9.17, 15) is 14.7 Å². The van der Waals surface area contributed by atoms with E-state index < -0.39 is 12.0 Å². The van der Waals surface area contributed by atoms with Crippen LogP contribution in [0.15, 0.2) is 54.6 Å². The van der Waals surface area contributed by atoms with E-state index in [-0.39, 0.29) is 5.91 Å². The summed E-state index contributed by atoms with van der Waals surface area (Å²) >= 11 is 0. The molecule has 1 aliphatic rings. The van der Waals surface area contributed by atoms with Crippen molar-refractivity contribution in [3.8, 4) is 0 Å². The minimum atomic E-state index is -0.815. The van der Waals surface area contributed by atoms with Gasteiger partial charge in [-0.05, 0) is 29.8 Å². The van der Waals surface area contributed by atoms with E-state index in [1.54, 1.807) is 0 Å². The van der Waals surface area contributed by atoms with E-state index in [2.05, 4.69) is 10.2 Å². The molecular weight excluding hydrogens is 330 g/mol. The van der Waals surface area contributed by atoms with Crippen LogP contribution in [0.3, 0.4) is 0 Å². The molecule has 1 amide bonds. The normalized spacial score (nSPS) is 16.1. The maximum Gasteiger partial charge on any atom is 0.325 e. The molecule has 0 radical (unpaired) electrons. The van der Waals surface area contributed by atoms with Crippen LogP contribution in [0.1, 0.15) is 18.5 Å². The minimum Gasteiger partial charge on any atom is -0.480 e. The number of aliphatic carboxylic acids is 1. The van der Waals surface area contributed by atoms with Crippen molar-refractivity contribution in [2.75, 3.05) is 36.4 Å². The van der Waals surface area contributed by atoms with Gasteiger partial charge in [0.05, 0.1) is 0 Å². The van der Waals surface area contributed by atoms with Crippen LogP contribution in [0.5, 0.6) is 0 Å². The molecule has 2 aromatic carbocycles. The molecule has 1 fully saturated rings. The second-order valence-electron chi connectivity index (χ2n) is 6.40. The number of carbonyl (C=O) groups is 2. The molecular formula is C20H23N3O3. The molecule has 1 unspecified atom stereocenters. The Kier molecular flexibility index (Phi) is 5.53. The van der Waals surface area contributed by atoms with Crippen molar-refractivity contribution in [2.45, 2.75) is 13.0 Å². The molecule has 1 saturated heterocycles. The number of carbonyl (C=O) groups excluding carboxylic acids is 1. The fourth-order valence-electron chi connectivity index (χ4n) is 3.34. The van der Waals surface area contributed by atoms with Gasteiger partial charge in [-0.1, -0.05) is 30.3 Å². The molecule has 6 heteroatoms. The smallest absolute Gasteiger partial charge is 0.325 e. The van der Waals surface area contributed by atoms with Gasteiger partial charge < -0.3 is 15.3 Å². The lowest BCUT2D eigenvalue weighted by Crippen LogP contribution is -2.49. The minimum absolute atomic E-state index is 0.0908. The summed E-state index contributed by atoms with van der Waals surface area (Å²) in [5, 5.41) is 12.4. The molecule has 3 rings (SSSR count). The Labute approximate surface area is 153 Å². The van der Waals surface area contributed by atoms with Crippen molar-refractivity contribution in [3.05, 3.63) is 60.2 Å². The highest BCUT2D eigenvalue weighted by molar-refractivity contribution is 5.88. The van der Waals surface area contributed by atoms with Crippen LogP contribution in [0.2, 0.25) is 0 Å². The Bertz CT molecular complexity index is 754. The molecule has 2 aromatic rings. The average molecular weight is 353 g/mol. The van der Waals surface area contributed by atoms with E-state index >= 15 is 0 Å². The van der Waals surface area contributed by atoms with Crippen molar-refractivity contribution in [2.24, 2.45) is 0 Å². The molecule has 0 aliphatic carbocycles. The average Bonchev–Trinajstić information content (AvgIpc) is 2.63. The number of nitrogens with one attached hydrogen (secondary N) is 1. The Hall–Kier alpha value is -2.86. The van der Waals surface area contributed by atoms with Crippen LogP contribution in [0.4, 0.5) is 11.4 Å². The number of piperazine rings is 1. The third kappa shape index (κ3) is 4.21. The zero-order valence-corrected chi connectivity index (χ0v) is 14.8. The number of amides is 1. The van der Waals surface area contributed by atoms with Crippen molar-refractivity contribution < 1.29 is 14.7 Å². The van der Waals surface area contributed by atoms with E-state index in [0.29, 0.717) is 13.1 Å². The quantitative estimate of drug-likeness (QED) is 0.864. The van der Waals surface area contributed by atoms with Gasteiger partial charge in [-0.15, -0.1) is 0 Å². The standard InChI is InChI=1S/C20H23N3O3/c1-15(24)21-17-7-9-18(10-8-17)22-11-13-23(14-12-22)19(20(25)26)16-5-3-2-4-6-16/h2-10,19H,11-14H2,1H3,(H,21,24)(H,25,26). The van der Waals surface area contributed by atoms with Gasteiger partial charge in [-0.25, -0.2) is 0 Å². The highest BCUT2D eigenvalue weighted by Gasteiger charge is 2.30. The first kappa shape index (κ1) is 17.9. The van der Waals surface area contributed by atoms with Gasteiger partial charge in [0, 0.05) is 44.5 Å². The van der Waals surface area contributed by atoms with Gasteiger partial charge in [-0.2, -0.15) is 0 Å². The summed E-state index contributed by atoms with van der Waals surface area (Å²) < 4.78 is 0. The second-order valence-corrected chi connectivity index (χ2v) is 6.40. The lowest BCUT2D eigenvalue weighted by atomic mass is 10.0. The van der Waals surface area contributed by atoms with Gasteiger partial charge in [0.2, 0.25) is 5.91 Å². The predicted molar refractivity (Wildman–Crippen MR) is 101 cm³/mol. The van der Waals surface area contributed by atoms with Crippen LogP contribution < -0.4 is 10.2 Å². The van der Waals surface area contributed by atoms with Crippen molar-refractivity contribution in [1.82, 2.24) is 4.90 Å². The lowest BCUT2D eigenvalue weighted by Gasteiger charge is -2.39. The SMILES string of the molecule is CC(=O)Nc1ccc(N2CCN(C(C(=O)O)c3ccccc3)CC2)cc1. The highest BCUT2D eigenvalue weighted by atomic mass is 16.4. The van der Waals surface area contributed by atoms with E-state index in [1.807, 2.05) is 59.5 Å². The zero-order valence-electron chi connectivity index (χ0n) is 14.8. The van der Waals surface area contributed by atoms with Crippen molar-refractivity contribution in [1.29, 1.82) is 0 Å². The Morgan fingerprint density at radius 2 is 1.58 bits per heavy atom. The first-order valence-electron chi connectivity index (χ1n) is 8.69. The molecule has 0 spiro atoms. The predicted octanol–water partition coefficient (Wildman–Crippen LogP) is 2.59. The topological polar surface area (TPSA) is 72.9 Å². The van der Waals surface area contributed by atoms with Gasteiger partial charge >= 0.3 is 5.97 Å². The molecule has 0 saturated carbocycles. The number of carboxylic acids is 1. The van der Waals surface area contributed by atoms with Gasteiger partial charge in [0.15, 0.2) is 0 Å². The highest BCUT2D eigenvalue weighted by Crippen LogP contribution is 2.25. The third-order valence-corrected chi connectivity index (χ3v) is 4.58. The number of hydrogen-bond donors (Lipinski definition) is 2. The first-order valence-corrected chi connectivity index (χ1v) is 8.69. The zero-order chi connectivity index (χ0) is 18.5. The second kappa shape index (κ2) is 8.01. The Balaban J connectivity index is 1.64. The van der Waals surface area contributed by atoms with Crippen LogP contribution >= 0.6 is 0 Å². The van der Waals surface area contributed by atoms with Crippen LogP contribution in [0.25, 0.3) is 0 Å². The molecule has 0 bridgehead atoms. The fourth-order valence-corrected chi connectivity index (χ4v) is 3.34. The molecule has 2 N–H and O–H groups in total. The third-order valence-electron chi connectivity index (χ3n) is 4.58. The van der Waals surface area contributed by atoms with Gasteiger partial charge in [0.25, 0.3) is 0 Å². The Morgan fingerprint density at radius 1 is 0.962 bits per heavy atom. The maximum atomic E-state index is 11.8. The largest absolute Gasteiger partial charge is 0.480 e. The molecule has 6 nitrogen and oxygen atoms in total. The number of benzene rings is 2. The Morgan fingerprint density at radius 3 is 2.12 bits per heavy atom. The van der Waals surface area contributed by atoms with Crippen molar-refractivity contribution >= 4 is 23.3 Å². The summed E-state index contributed by atoms with van der Waals surface area (Å²) in [4.78, 5) is 27.1. The fraction of sp³-hybridized carbons (Fsp3) is 0.300. The maximum absolute atomic E-state index is 11.8. The first-order chi connectivity index (χ1) is 12.5. The summed E-state index contributed by atoms with van der Waals surface area (Å²) in [6.45, 7) is 4.36. The molecule has 1 heterocycles. The molecule has 0 aromatic heterocycles. The van der Waals surface area contributed by atoms with Crippen LogP contribution in [0, 0.1) is 0 Å². The number of rotatable bonds is 5. The van der Waals surface area contributed by atoms with Gasteiger partial charge in [-0.3, -0.25) is 14.5 Å². The molecule has 136 valence electrons. The van der Waals surface area contributed by atoms with E-state index in [1.165, 1.54) is 6.92 Å². The number of nitrogens with zero attached hydrogens (tertiary/aromatic N) is 2. The molecule has 1 atom stereocenters. The molecule has 1 aliphatic heterocycles. The summed E-state index contributed by atoms with van der Waals surface area (Å²) in [6.07, 6.45) is 0. The van der Waals surface area contributed by atoms with E-state index in [0.717, 1.165) is 30.0 Å². The van der Waals surface area contributed by atoms with Crippen LogP contribution in [-0.2, 0) is 9.59 Å². The number of anilines is 2. The molecule has 26 heavy (non-hydrogen) atoms. The summed E-state index contributed by atoms with van der Waals surface area (Å²) in [6, 6.07) is 16.5. The number of hydrogen-bond acceptors (Lipinski definition) is 4. The monoisotopic (exact) mass is 353 g/mol. The lowest BCUT2D eigenvalue weighted by molar-refractivity contribution is -0.143. The summed E-state index contributed by atoms with van der Waals surface area (Å²) in [7, 11) is 0. The van der Waals surface area contributed by atoms with E-state index in [4.69, 9.17) is 0 Å². The number of carboxylic acid groups (broad SMARTS) is 1.